The van der Waals surface area contributed by atoms with Crippen molar-refractivity contribution in [3.8, 4) is 11.5 Å². The van der Waals surface area contributed by atoms with E-state index in [1.54, 1.807) is 16.7 Å². The first-order valence-corrected chi connectivity index (χ1v) is 9.80. The van der Waals surface area contributed by atoms with Gasteiger partial charge in [-0.25, -0.2) is 0 Å². The number of rotatable bonds is 4. The Morgan fingerprint density at radius 2 is 1.93 bits per heavy atom. The van der Waals surface area contributed by atoms with Crippen LogP contribution >= 0.6 is 11.8 Å². The van der Waals surface area contributed by atoms with E-state index in [1.165, 1.54) is 6.92 Å². The first-order chi connectivity index (χ1) is 13.1. The van der Waals surface area contributed by atoms with E-state index in [1.807, 2.05) is 48.5 Å². The van der Waals surface area contributed by atoms with Gasteiger partial charge in [0.2, 0.25) is 18.6 Å². The van der Waals surface area contributed by atoms with Crippen molar-refractivity contribution in [1.82, 2.24) is 10.2 Å². The van der Waals surface area contributed by atoms with Crippen LogP contribution in [-0.2, 0) is 16.1 Å². The van der Waals surface area contributed by atoms with Crippen LogP contribution in [0.1, 0.15) is 23.4 Å². The number of carbonyl (C=O) groups excluding carboxylic acids is 2. The molecule has 0 radical (unpaired) electrons. The van der Waals surface area contributed by atoms with Gasteiger partial charge in [0.15, 0.2) is 11.5 Å². The van der Waals surface area contributed by atoms with Crippen molar-refractivity contribution in [3.05, 3.63) is 59.7 Å². The second-order valence-electron chi connectivity index (χ2n) is 6.44. The van der Waals surface area contributed by atoms with E-state index in [-0.39, 0.29) is 24.0 Å². The smallest absolute Gasteiger partial charge is 0.243 e. The van der Waals surface area contributed by atoms with E-state index in [9.17, 15) is 9.59 Å². The molecular weight excluding hydrogens is 364 g/mol. The Bertz CT molecular complexity index is 858. The minimum atomic E-state index is -0.480. The highest BCUT2D eigenvalue weighted by atomic mass is 32.2. The summed E-state index contributed by atoms with van der Waals surface area (Å²) in [7, 11) is 0. The van der Waals surface area contributed by atoms with E-state index in [2.05, 4.69) is 5.32 Å². The molecule has 0 saturated carbocycles. The largest absolute Gasteiger partial charge is 0.454 e. The molecule has 27 heavy (non-hydrogen) atoms. The molecule has 2 aromatic rings. The first-order valence-electron chi connectivity index (χ1n) is 8.75. The highest BCUT2D eigenvalue weighted by molar-refractivity contribution is 7.99. The standard InChI is InChI=1S/C20H20N2O4S/c1-13(23)22-16(11-27-20(22)15-5-3-2-4-6-15)19(24)21-10-14-7-8-17-18(9-14)26-12-25-17/h2-9,16,20H,10-12H2,1H3,(H,21,24). The predicted molar refractivity (Wildman–Crippen MR) is 102 cm³/mol. The second kappa shape index (κ2) is 7.52. The molecule has 2 aliphatic heterocycles. The average Bonchev–Trinajstić information content (AvgIpc) is 3.33. The summed E-state index contributed by atoms with van der Waals surface area (Å²) in [6, 6.07) is 14.9. The molecule has 6 nitrogen and oxygen atoms in total. The fourth-order valence-electron chi connectivity index (χ4n) is 3.33. The quantitative estimate of drug-likeness (QED) is 0.878. The van der Waals surface area contributed by atoms with Gasteiger partial charge in [0.1, 0.15) is 11.4 Å². The summed E-state index contributed by atoms with van der Waals surface area (Å²) in [6.45, 7) is 2.11. The lowest BCUT2D eigenvalue weighted by Crippen LogP contribution is -2.47. The lowest BCUT2D eigenvalue weighted by Gasteiger charge is -2.27. The molecule has 2 atom stereocenters. The molecule has 0 aliphatic carbocycles. The van der Waals surface area contributed by atoms with Gasteiger partial charge in [0.05, 0.1) is 0 Å². The van der Waals surface area contributed by atoms with Gasteiger partial charge < -0.3 is 19.7 Å². The fourth-order valence-corrected chi connectivity index (χ4v) is 4.81. The number of benzene rings is 2. The van der Waals surface area contributed by atoms with Crippen molar-refractivity contribution in [2.75, 3.05) is 12.5 Å². The van der Waals surface area contributed by atoms with Crippen LogP contribution in [0, 0.1) is 0 Å². The van der Waals surface area contributed by atoms with Crippen LogP contribution in [0.3, 0.4) is 0 Å². The molecular formula is C20H20N2O4S. The Kier molecular flexibility index (Phi) is 4.94. The van der Waals surface area contributed by atoms with Gasteiger partial charge in [-0.3, -0.25) is 9.59 Å². The second-order valence-corrected chi connectivity index (χ2v) is 7.56. The third-order valence-electron chi connectivity index (χ3n) is 4.66. The van der Waals surface area contributed by atoms with Crippen LogP contribution in [0.25, 0.3) is 0 Å². The van der Waals surface area contributed by atoms with Gasteiger partial charge >= 0.3 is 0 Å². The lowest BCUT2D eigenvalue weighted by atomic mass is 10.1. The summed E-state index contributed by atoms with van der Waals surface area (Å²) in [6.07, 6.45) is 0. The van der Waals surface area contributed by atoms with E-state index in [0.717, 1.165) is 11.1 Å². The topological polar surface area (TPSA) is 67.9 Å². The molecule has 7 heteroatoms. The molecule has 4 rings (SSSR count). The molecule has 1 fully saturated rings. The number of hydrogen-bond donors (Lipinski definition) is 1. The molecule has 2 aliphatic rings. The summed E-state index contributed by atoms with van der Waals surface area (Å²) in [5, 5.41) is 2.81. The Labute approximate surface area is 161 Å². The first kappa shape index (κ1) is 17.7. The molecule has 2 unspecified atom stereocenters. The normalized spacial score (nSPS) is 20.6. The zero-order valence-corrected chi connectivity index (χ0v) is 15.7. The van der Waals surface area contributed by atoms with Crippen LogP contribution in [0.4, 0.5) is 0 Å². The van der Waals surface area contributed by atoms with E-state index in [4.69, 9.17) is 9.47 Å². The predicted octanol–water partition coefficient (Wildman–Crippen LogP) is 2.69. The summed E-state index contributed by atoms with van der Waals surface area (Å²) < 4.78 is 10.7. The Morgan fingerprint density at radius 3 is 2.70 bits per heavy atom. The molecule has 2 amide bonds. The van der Waals surface area contributed by atoms with Crippen LogP contribution in [0.5, 0.6) is 11.5 Å². The highest BCUT2D eigenvalue weighted by Crippen LogP contribution is 2.41. The van der Waals surface area contributed by atoms with Gasteiger partial charge in [-0.1, -0.05) is 36.4 Å². The number of hydrogen-bond acceptors (Lipinski definition) is 5. The number of thioether (sulfide) groups is 1. The zero-order valence-electron chi connectivity index (χ0n) is 14.9. The summed E-state index contributed by atoms with van der Waals surface area (Å²) in [5.41, 5.74) is 1.95. The lowest BCUT2D eigenvalue weighted by molar-refractivity contribution is -0.138. The van der Waals surface area contributed by atoms with E-state index < -0.39 is 6.04 Å². The van der Waals surface area contributed by atoms with Gasteiger partial charge in [0.25, 0.3) is 0 Å². The van der Waals surface area contributed by atoms with Gasteiger partial charge in [-0.05, 0) is 23.3 Å². The minimum Gasteiger partial charge on any atom is -0.454 e. The number of ether oxygens (including phenoxy) is 2. The zero-order chi connectivity index (χ0) is 18.8. The maximum atomic E-state index is 12.8. The Balaban J connectivity index is 1.44. The summed E-state index contributed by atoms with van der Waals surface area (Å²) in [4.78, 5) is 26.7. The highest BCUT2D eigenvalue weighted by Gasteiger charge is 2.40. The molecule has 2 heterocycles. The van der Waals surface area contributed by atoms with Gasteiger partial charge in [0, 0.05) is 19.2 Å². The SMILES string of the molecule is CC(=O)N1C(C(=O)NCc2ccc3c(c2)OCO3)CSC1c1ccccc1. The van der Waals surface area contributed by atoms with E-state index >= 15 is 0 Å². The monoisotopic (exact) mass is 384 g/mol. The van der Waals surface area contributed by atoms with Crippen LogP contribution in [-0.4, -0.2) is 35.3 Å². The third kappa shape index (κ3) is 3.60. The molecule has 2 aromatic carbocycles. The van der Waals surface area contributed by atoms with Crippen molar-refractivity contribution < 1.29 is 19.1 Å². The number of nitrogens with zero attached hydrogens (tertiary/aromatic N) is 1. The number of amides is 2. The maximum absolute atomic E-state index is 12.8. The van der Waals surface area contributed by atoms with Crippen molar-refractivity contribution in [2.24, 2.45) is 0 Å². The fraction of sp³-hybridized carbons (Fsp3) is 0.300. The molecule has 140 valence electrons. The van der Waals surface area contributed by atoms with Crippen molar-refractivity contribution in [2.45, 2.75) is 24.9 Å². The van der Waals surface area contributed by atoms with Crippen molar-refractivity contribution >= 4 is 23.6 Å². The molecule has 0 bridgehead atoms. The van der Waals surface area contributed by atoms with E-state index in [0.29, 0.717) is 23.8 Å². The molecule has 1 saturated heterocycles. The summed E-state index contributed by atoms with van der Waals surface area (Å²) in [5.74, 6) is 1.73. The van der Waals surface area contributed by atoms with Crippen molar-refractivity contribution in [3.63, 3.8) is 0 Å². The third-order valence-corrected chi connectivity index (χ3v) is 5.98. The number of nitrogens with one attached hydrogen (secondary N) is 1. The number of carbonyl (C=O) groups is 2. The van der Waals surface area contributed by atoms with Crippen molar-refractivity contribution in [1.29, 1.82) is 0 Å². The van der Waals surface area contributed by atoms with Crippen LogP contribution < -0.4 is 14.8 Å². The van der Waals surface area contributed by atoms with Gasteiger partial charge in [-0.15, -0.1) is 11.8 Å². The minimum absolute atomic E-state index is 0.0999. The van der Waals surface area contributed by atoms with Gasteiger partial charge in [-0.2, -0.15) is 0 Å². The average molecular weight is 384 g/mol. The van der Waals surface area contributed by atoms with Crippen LogP contribution in [0.15, 0.2) is 48.5 Å². The Morgan fingerprint density at radius 1 is 1.15 bits per heavy atom. The summed E-state index contributed by atoms with van der Waals surface area (Å²) >= 11 is 1.61. The maximum Gasteiger partial charge on any atom is 0.243 e. The Hall–Kier alpha value is -2.67. The van der Waals surface area contributed by atoms with Crippen LogP contribution in [0.2, 0.25) is 0 Å². The number of fused-ring (bicyclic) bond motifs is 1. The molecule has 1 N–H and O–H groups in total. The molecule has 0 spiro atoms. The molecule has 0 aromatic heterocycles.